The van der Waals surface area contributed by atoms with E-state index in [-0.39, 0.29) is 22.3 Å². The van der Waals surface area contributed by atoms with Gasteiger partial charge in [-0.05, 0) is 6.07 Å². The van der Waals surface area contributed by atoms with Gasteiger partial charge in [0.15, 0.2) is 0 Å². The molecule has 0 spiro atoms. The molecular weight excluding hydrogens is 291 g/mol. The topological polar surface area (TPSA) is 38.7 Å². The van der Waals surface area contributed by atoms with Crippen LogP contribution in [0.1, 0.15) is 31.2 Å². The summed E-state index contributed by atoms with van der Waals surface area (Å²) in [4.78, 5) is 11.9. The van der Waals surface area contributed by atoms with Crippen LogP contribution in [-0.4, -0.2) is 15.0 Å². The van der Waals surface area contributed by atoms with Crippen LogP contribution in [0, 0.1) is 0 Å². The molecule has 2 heterocycles. The van der Waals surface area contributed by atoms with Crippen molar-refractivity contribution in [3.05, 3.63) is 41.1 Å². The van der Waals surface area contributed by atoms with Gasteiger partial charge >= 0.3 is 6.18 Å². The molecule has 7 heteroatoms. The van der Waals surface area contributed by atoms with Crippen LogP contribution < -0.4 is 0 Å². The average Bonchev–Trinajstić information content (AvgIpc) is 2.37. The van der Waals surface area contributed by atoms with Crippen LogP contribution in [-0.2, 0) is 6.18 Å². The van der Waals surface area contributed by atoms with Gasteiger partial charge in [0, 0.05) is 29.9 Å². The van der Waals surface area contributed by atoms with E-state index in [0.717, 1.165) is 18.5 Å². The van der Waals surface area contributed by atoms with Gasteiger partial charge in [0.1, 0.15) is 11.0 Å². The van der Waals surface area contributed by atoms with Crippen molar-refractivity contribution in [1.82, 2.24) is 15.0 Å². The Bertz CT molecular complexity index is 626. The Morgan fingerprint density at radius 3 is 2.50 bits per heavy atom. The Morgan fingerprint density at radius 2 is 1.90 bits per heavy atom. The number of pyridine rings is 1. The molecular formula is C13H11ClF3N3. The van der Waals surface area contributed by atoms with Gasteiger partial charge in [-0.2, -0.15) is 13.2 Å². The molecule has 106 valence electrons. The molecule has 20 heavy (non-hydrogen) atoms. The molecule has 0 bridgehead atoms. The van der Waals surface area contributed by atoms with E-state index in [9.17, 15) is 13.2 Å². The summed E-state index contributed by atoms with van der Waals surface area (Å²) in [6, 6.07) is 2.22. The molecule has 2 aromatic rings. The first-order chi connectivity index (χ1) is 9.29. The highest BCUT2D eigenvalue weighted by atomic mass is 35.5. The van der Waals surface area contributed by atoms with Crippen molar-refractivity contribution in [2.75, 3.05) is 0 Å². The maximum atomic E-state index is 13.0. The zero-order chi connectivity index (χ0) is 14.9. The van der Waals surface area contributed by atoms with Gasteiger partial charge in [-0.1, -0.05) is 25.4 Å². The Kier molecular flexibility index (Phi) is 3.94. The molecule has 0 radical (unpaired) electrons. The lowest BCUT2D eigenvalue weighted by Crippen LogP contribution is -2.09. The summed E-state index contributed by atoms with van der Waals surface area (Å²) in [5.41, 5.74) is -0.780. The lowest BCUT2D eigenvalue weighted by atomic mass is 10.1. The van der Waals surface area contributed by atoms with Crippen LogP contribution >= 0.6 is 11.6 Å². The van der Waals surface area contributed by atoms with Crippen LogP contribution in [0.2, 0.25) is 5.15 Å². The van der Waals surface area contributed by atoms with Gasteiger partial charge in [0.25, 0.3) is 0 Å². The summed E-state index contributed by atoms with van der Waals surface area (Å²) < 4.78 is 39.0. The van der Waals surface area contributed by atoms with Crippen molar-refractivity contribution in [1.29, 1.82) is 0 Å². The van der Waals surface area contributed by atoms with Crippen molar-refractivity contribution in [3.63, 3.8) is 0 Å². The second-order valence-electron chi connectivity index (χ2n) is 4.51. The average molecular weight is 302 g/mol. The number of aromatic nitrogens is 3. The summed E-state index contributed by atoms with van der Waals surface area (Å²) in [6.07, 6.45) is -2.25. The number of alkyl halides is 3. The molecule has 0 aliphatic rings. The molecule has 0 fully saturated rings. The van der Waals surface area contributed by atoms with E-state index in [1.165, 1.54) is 6.07 Å². The highest BCUT2D eigenvalue weighted by Gasteiger charge is 2.34. The monoisotopic (exact) mass is 301 g/mol. The molecule has 2 rings (SSSR count). The molecule has 3 nitrogen and oxygen atoms in total. The molecule has 0 saturated heterocycles. The van der Waals surface area contributed by atoms with E-state index in [1.54, 1.807) is 0 Å². The third-order valence-corrected chi connectivity index (χ3v) is 2.82. The first-order valence-corrected chi connectivity index (χ1v) is 6.23. The van der Waals surface area contributed by atoms with E-state index in [2.05, 4.69) is 15.0 Å². The van der Waals surface area contributed by atoms with E-state index < -0.39 is 11.7 Å². The summed E-state index contributed by atoms with van der Waals surface area (Å²) in [7, 11) is 0. The predicted octanol–water partition coefficient (Wildman–Crippen LogP) is 4.33. The van der Waals surface area contributed by atoms with Crippen molar-refractivity contribution in [2.24, 2.45) is 0 Å². The molecule has 2 aromatic heterocycles. The number of rotatable bonds is 2. The minimum atomic E-state index is -4.48. The fraction of sp³-hybridized carbons (Fsp3) is 0.308. The lowest BCUT2D eigenvalue weighted by molar-refractivity contribution is -0.137. The van der Waals surface area contributed by atoms with Gasteiger partial charge in [-0.3, -0.25) is 4.98 Å². The molecule has 0 aliphatic carbocycles. The maximum Gasteiger partial charge on any atom is 0.417 e. The van der Waals surface area contributed by atoms with Crippen LogP contribution in [0.25, 0.3) is 11.3 Å². The minimum absolute atomic E-state index is 0.0431. The highest BCUT2D eigenvalue weighted by molar-refractivity contribution is 6.29. The Hall–Kier alpha value is -1.69. The molecule has 0 atom stereocenters. The number of halogens is 4. The lowest BCUT2D eigenvalue weighted by Gasteiger charge is -2.13. The molecule has 0 N–H and O–H groups in total. The Balaban J connectivity index is 2.63. The summed E-state index contributed by atoms with van der Waals surface area (Å²) in [5, 5.41) is 0.107. The van der Waals surface area contributed by atoms with Gasteiger partial charge in [0.05, 0.1) is 11.3 Å². The van der Waals surface area contributed by atoms with Gasteiger partial charge in [-0.25, -0.2) is 9.97 Å². The molecule has 0 saturated carbocycles. The number of nitrogens with zero attached hydrogens (tertiary/aromatic N) is 3. The first kappa shape index (κ1) is 14.7. The van der Waals surface area contributed by atoms with Gasteiger partial charge < -0.3 is 0 Å². The third-order valence-electron chi connectivity index (χ3n) is 2.63. The second-order valence-corrected chi connectivity index (χ2v) is 4.90. The molecule has 0 aliphatic heterocycles. The molecule has 0 aromatic carbocycles. The largest absolute Gasteiger partial charge is 0.417 e. The zero-order valence-corrected chi connectivity index (χ0v) is 11.5. The number of hydrogen-bond donors (Lipinski definition) is 0. The Morgan fingerprint density at radius 1 is 1.20 bits per heavy atom. The van der Waals surface area contributed by atoms with Gasteiger partial charge in [-0.15, -0.1) is 0 Å². The normalized spacial score (nSPS) is 11.9. The van der Waals surface area contributed by atoms with Crippen LogP contribution in [0.15, 0.2) is 24.5 Å². The second kappa shape index (κ2) is 5.36. The van der Waals surface area contributed by atoms with Gasteiger partial charge in [0.2, 0.25) is 0 Å². The first-order valence-electron chi connectivity index (χ1n) is 5.85. The third kappa shape index (κ3) is 3.07. The number of hydrogen-bond acceptors (Lipinski definition) is 3. The summed E-state index contributed by atoms with van der Waals surface area (Å²) in [5.74, 6) is 0.350. The van der Waals surface area contributed by atoms with E-state index >= 15 is 0 Å². The fourth-order valence-electron chi connectivity index (χ4n) is 1.68. The summed E-state index contributed by atoms with van der Waals surface area (Å²) >= 11 is 5.86. The van der Waals surface area contributed by atoms with Crippen molar-refractivity contribution in [2.45, 2.75) is 25.9 Å². The zero-order valence-electron chi connectivity index (χ0n) is 10.7. The van der Waals surface area contributed by atoms with Crippen molar-refractivity contribution < 1.29 is 13.2 Å². The maximum absolute atomic E-state index is 13.0. The minimum Gasteiger partial charge on any atom is -0.264 e. The standard InChI is InChI=1S/C13H11ClF3N3/c1-7(2)12-19-10(5-11(14)20-12)8-6-18-4-3-9(8)13(15,16)17/h3-7H,1-2H3. The van der Waals surface area contributed by atoms with E-state index in [0.29, 0.717) is 5.82 Å². The molecule has 0 amide bonds. The van der Waals surface area contributed by atoms with Crippen LogP contribution in [0.5, 0.6) is 0 Å². The van der Waals surface area contributed by atoms with E-state index in [1.807, 2.05) is 13.8 Å². The van der Waals surface area contributed by atoms with E-state index in [4.69, 9.17) is 11.6 Å². The summed E-state index contributed by atoms with van der Waals surface area (Å²) in [6.45, 7) is 3.67. The highest BCUT2D eigenvalue weighted by Crippen LogP contribution is 2.36. The molecule has 0 unspecified atom stereocenters. The quantitative estimate of drug-likeness (QED) is 0.775. The van der Waals surface area contributed by atoms with Crippen LogP contribution in [0.3, 0.4) is 0 Å². The van der Waals surface area contributed by atoms with Crippen LogP contribution in [0.4, 0.5) is 13.2 Å². The Labute approximate surface area is 118 Å². The fourth-order valence-corrected chi connectivity index (χ4v) is 1.87. The van der Waals surface area contributed by atoms with Crippen molar-refractivity contribution >= 4 is 11.6 Å². The SMILES string of the molecule is CC(C)c1nc(Cl)cc(-c2cnccc2C(F)(F)F)n1. The predicted molar refractivity (Wildman–Crippen MR) is 69.4 cm³/mol. The van der Waals surface area contributed by atoms with Crippen molar-refractivity contribution in [3.8, 4) is 11.3 Å². The smallest absolute Gasteiger partial charge is 0.264 e.